The van der Waals surface area contributed by atoms with Crippen LogP contribution in [0.3, 0.4) is 0 Å². The molecule has 1 aliphatic heterocycles. The lowest BCUT2D eigenvalue weighted by Crippen LogP contribution is -2.01. The molecule has 2 aromatic heterocycles. The van der Waals surface area contributed by atoms with Crippen LogP contribution in [0.15, 0.2) is 18.2 Å². The van der Waals surface area contributed by atoms with Gasteiger partial charge < -0.3 is 4.74 Å². The van der Waals surface area contributed by atoms with E-state index in [4.69, 9.17) is 4.74 Å². The summed E-state index contributed by atoms with van der Waals surface area (Å²) in [4.78, 5) is 1.11. The van der Waals surface area contributed by atoms with E-state index in [9.17, 15) is 8.78 Å². The summed E-state index contributed by atoms with van der Waals surface area (Å²) < 4.78 is 34.7. The summed E-state index contributed by atoms with van der Waals surface area (Å²) in [7, 11) is 0. The second-order valence-corrected chi connectivity index (χ2v) is 7.07. The Labute approximate surface area is 141 Å². The van der Waals surface area contributed by atoms with Crippen LogP contribution in [0.5, 0.6) is 0 Å². The van der Waals surface area contributed by atoms with E-state index < -0.39 is 11.6 Å². The number of aryl methyl sites for hydroxylation is 2. The molecule has 4 rings (SSSR count). The van der Waals surface area contributed by atoms with Crippen molar-refractivity contribution in [2.45, 2.75) is 33.5 Å². The monoisotopic (exact) mass is 347 g/mol. The van der Waals surface area contributed by atoms with Crippen LogP contribution in [0.25, 0.3) is 5.00 Å². The SMILES string of the molecule is Cc1sc2c(c1Cc1cc(F)cc(F)c1)COCc1nnc(C)n1-2. The van der Waals surface area contributed by atoms with Crippen molar-refractivity contribution in [1.82, 2.24) is 14.8 Å². The Hall–Kier alpha value is -2.12. The molecule has 3 aromatic rings. The minimum atomic E-state index is -0.558. The standard InChI is InChI=1S/C17H15F2N3OS/c1-9-14(5-11-3-12(18)6-13(19)4-11)15-7-23-8-16-21-20-10(2)22(16)17(15)24-9/h3-4,6H,5,7-8H2,1-2H3. The molecule has 1 aromatic carbocycles. The van der Waals surface area contributed by atoms with Gasteiger partial charge in [-0.2, -0.15) is 0 Å². The van der Waals surface area contributed by atoms with Crippen LogP contribution in [-0.4, -0.2) is 14.8 Å². The highest BCUT2D eigenvalue weighted by molar-refractivity contribution is 7.14. The Morgan fingerprint density at radius 2 is 1.88 bits per heavy atom. The number of benzene rings is 1. The van der Waals surface area contributed by atoms with Gasteiger partial charge in [-0.15, -0.1) is 21.5 Å². The largest absolute Gasteiger partial charge is 0.369 e. The van der Waals surface area contributed by atoms with Gasteiger partial charge >= 0.3 is 0 Å². The first-order valence-electron chi connectivity index (χ1n) is 7.58. The maximum Gasteiger partial charge on any atom is 0.164 e. The van der Waals surface area contributed by atoms with Crippen molar-refractivity contribution in [3.05, 3.63) is 63.0 Å². The molecule has 0 unspecified atom stereocenters. The lowest BCUT2D eigenvalue weighted by molar-refractivity contribution is 0.104. The quantitative estimate of drug-likeness (QED) is 0.707. The van der Waals surface area contributed by atoms with Crippen molar-refractivity contribution >= 4 is 11.3 Å². The van der Waals surface area contributed by atoms with Gasteiger partial charge in [-0.1, -0.05) is 0 Å². The maximum atomic E-state index is 13.5. The van der Waals surface area contributed by atoms with Gasteiger partial charge in [-0.3, -0.25) is 4.57 Å². The van der Waals surface area contributed by atoms with E-state index >= 15 is 0 Å². The Morgan fingerprint density at radius 3 is 2.62 bits per heavy atom. The molecule has 24 heavy (non-hydrogen) atoms. The number of hydrogen-bond acceptors (Lipinski definition) is 4. The Kier molecular flexibility index (Phi) is 3.69. The van der Waals surface area contributed by atoms with E-state index in [0.29, 0.717) is 25.2 Å². The lowest BCUT2D eigenvalue weighted by Gasteiger charge is -2.07. The molecular formula is C17H15F2N3OS. The Balaban J connectivity index is 1.82. The van der Waals surface area contributed by atoms with E-state index in [1.165, 1.54) is 12.1 Å². The van der Waals surface area contributed by atoms with E-state index in [-0.39, 0.29) is 0 Å². The zero-order valence-electron chi connectivity index (χ0n) is 13.3. The highest BCUT2D eigenvalue weighted by Crippen LogP contribution is 2.36. The third-order valence-corrected chi connectivity index (χ3v) is 5.35. The second kappa shape index (κ2) is 5.75. The molecule has 3 heterocycles. The molecule has 0 bridgehead atoms. The van der Waals surface area contributed by atoms with Gasteiger partial charge in [0.15, 0.2) is 5.82 Å². The summed E-state index contributed by atoms with van der Waals surface area (Å²) in [6, 6.07) is 3.64. The molecule has 0 N–H and O–H groups in total. The summed E-state index contributed by atoms with van der Waals surface area (Å²) >= 11 is 1.63. The molecule has 0 radical (unpaired) electrons. The third-order valence-electron chi connectivity index (χ3n) is 4.17. The number of nitrogens with zero attached hydrogens (tertiary/aromatic N) is 3. The summed E-state index contributed by atoms with van der Waals surface area (Å²) in [5.74, 6) is 0.464. The molecule has 0 saturated heterocycles. The number of thiophene rings is 1. The molecule has 0 amide bonds. The molecule has 0 saturated carbocycles. The molecular weight excluding hydrogens is 332 g/mol. The minimum Gasteiger partial charge on any atom is -0.369 e. The van der Waals surface area contributed by atoms with E-state index in [1.54, 1.807) is 11.3 Å². The number of fused-ring (bicyclic) bond motifs is 3. The predicted molar refractivity (Wildman–Crippen MR) is 86.4 cm³/mol. The second-order valence-electron chi connectivity index (χ2n) is 5.87. The van der Waals surface area contributed by atoms with E-state index in [1.807, 2.05) is 18.4 Å². The summed E-state index contributed by atoms with van der Waals surface area (Å²) in [6.45, 7) is 4.77. The van der Waals surface area contributed by atoms with Crippen LogP contribution >= 0.6 is 11.3 Å². The Morgan fingerprint density at radius 1 is 1.12 bits per heavy atom. The molecule has 4 nitrogen and oxygen atoms in total. The van der Waals surface area contributed by atoms with Crippen molar-refractivity contribution in [3.8, 4) is 5.00 Å². The van der Waals surface area contributed by atoms with Crippen molar-refractivity contribution in [3.63, 3.8) is 0 Å². The van der Waals surface area contributed by atoms with Crippen molar-refractivity contribution < 1.29 is 13.5 Å². The van der Waals surface area contributed by atoms with Crippen LogP contribution in [0, 0.1) is 25.5 Å². The molecule has 7 heteroatoms. The molecule has 0 atom stereocenters. The minimum absolute atomic E-state index is 0.398. The van der Waals surface area contributed by atoms with E-state index in [0.717, 1.165) is 38.7 Å². The topological polar surface area (TPSA) is 39.9 Å². The fourth-order valence-corrected chi connectivity index (χ4v) is 4.34. The maximum absolute atomic E-state index is 13.5. The first-order valence-corrected chi connectivity index (χ1v) is 8.39. The average Bonchev–Trinajstić information content (AvgIpc) is 2.94. The highest BCUT2D eigenvalue weighted by Gasteiger charge is 2.24. The van der Waals surface area contributed by atoms with Crippen LogP contribution in [-0.2, 0) is 24.4 Å². The van der Waals surface area contributed by atoms with Crippen LogP contribution < -0.4 is 0 Å². The number of aromatic nitrogens is 3. The fourth-order valence-electron chi connectivity index (χ4n) is 3.10. The first kappa shape index (κ1) is 15.4. The Bertz CT molecular complexity index is 912. The number of hydrogen-bond donors (Lipinski definition) is 0. The van der Waals surface area contributed by atoms with Gasteiger partial charge in [0.2, 0.25) is 0 Å². The number of ether oxygens (including phenoxy) is 1. The van der Waals surface area contributed by atoms with Crippen molar-refractivity contribution in [2.75, 3.05) is 0 Å². The molecule has 0 fully saturated rings. The zero-order chi connectivity index (χ0) is 16.8. The predicted octanol–water partition coefficient (Wildman–Crippen LogP) is 3.84. The fraction of sp³-hybridized carbons (Fsp3) is 0.294. The number of rotatable bonds is 2. The lowest BCUT2D eigenvalue weighted by atomic mass is 10.0. The first-order chi connectivity index (χ1) is 11.5. The van der Waals surface area contributed by atoms with Crippen LogP contribution in [0.2, 0.25) is 0 Å². The van der Waals surface area contributed by atoms with E-state index in [2.05, 4.69) is 10.2 Å². The molecule has 124 valence electrons. The van der Waals surface area contributed by atoms with Crippen LogP contribution in [0.4, 0.5) is 8.78 Å². The normalized spacial score (nSPS) is 13.5. The highest BCUT2D eigenvalue weighted by atomic mass is 32.1. The summed E-state index contributed by atoms with van der Waals surface area (Å²) in [5.41, 5.74) is 2.71. The summed E-state index contributed by atoms with van der Waals surface area (Å²) in [5, 5.41) is 9.32. The van der Waals surface area contributed by atoms with Crippen molar-refractivity contribution in [2.24, 2.45) is 0 Å². The molecule has 1 aliphatic rings. The van der Waals surface area contributed by atoms with Gasteiger partial charge in [0.05, 0.1) is 6.61 Å². The molecule has 0 aliphatic carbocycles. The van der Waals surface area contributed by atoms with Gasteiger partial charge in [0, 0.05) is 16.5 Å². The van der Waals surface area contributed by atoms with Crippen LogP contribution in [0.1, 0.15) is 33.2 Å². The average molecular weight is 347 g/mol. The third kappa shape index (κ3) is 2.53. The van der Waals surface area contributed by atoms with Crippen molar-refractivity contribution in [1.29, 1.82) is 0 Å². The van der Waals surface area contributed by atoms with Gasteiger partial charge in [-0.25, -0.2) is 8.78 Å². The zero-order valence-corrected chi connectivity index (χ0v) is 14.1. The summed E-state index contributed by atoms with van der Waals surface area (Å²) in [6.07, 6.45) is 0.464. The smallest absolute Gasteiger partial charge is 0.164 e. The molecule has 0 spiro atoms. The van der Waals surface area contributed by atoms with Gasteiger partial charge in [0.25, 0.3) is 0 Å². The van der Waals surface area contributed by atoms with Gasteiger partial charge in [-0.05, 0) is 43.5 Å². The van der Waals surface area contributed by atoms with Gasteiger partial charge in [0.1, 0.15) is 29.1 Å². The number of halogens is 2.